The SMILES string of the molecule is CCOC(=O)CCN1C(=O)[C@H]2[C@@H](c3c(OC)cc4oc(-c5ccc(OC)cc5)cc(=O)c4c3OC)C=C(C)C[C@H]2C1=O. The van der Waals surface area contributed by atoms with E-state index in [1.54, 1.807) is 44.4 Å². The van der Waals surface area contributed by atoms with E-state index in [4.69, 9.17) is 23.4 Å². The number of hydrogen-bond donors (Lipinski definition) is 0. The highest BCUT2D eigenvalue weighted by Gasteiger charge is 2.53. The number of rotatable bonds is 9. The van der Waals surface area contributed by atoms with E-state index in [0.717, 1.165) is 10.5 Å². The lowest BCUT2D eigenvalue weighted by Crippen LogP contribution is -2.34. The minimum Gasteiger partial charge on any atom is -0.497 e. The molecule has 0 saturated carbocycles. The standard InChI is InChI=1S/C32H33NO9/c1-6-41-26(35)11-12-33-31(36)21-14-17(2)13-20(27(21)32(33)37)28-24(39-4)16-25-29(30(28)40-5)22(34)15-23(42-25)18-7-9-19(38-3)10-8-18/h7-10,13,15-16,20-21,27H,6,11-12,14H2,1-5H3/t20-,21+,27-/m0/s1. The summed E-state index contributed by atoms with van der Waals surface area (Å²) >= 11 is 0. The highest BCUT2D eigenvalue weighted by molar-refractivity contribution is 6.06. The zero-order valence-electron chi connectivity index (χ0n) is 24.2. The van der Waals surface area contributed by atoms with E-state index >= 15 is 0 Å². The molecule has 10 nitrogen and oxygen atoms in total. The predicted molar refractivity (Wildman–Crippen MR) is 154 cm³/mol. The lowest BCUT2D eigenvalue weighted by Gasteiger charge is -2.31. The first-order valence-electron chi connectivity index (χ1n) is 13.8. The van der Waals surface area contributed by atoms with E-state index in [0.29, 0.717) is 34.8 Å². The maximum atomic E-state index is 13.7. The second-order valence-corrected chi connectivity index (χ2v) is 10.4. The summed E-state index contributed by atoms with van der Waals surface area (Å²) < 4.78 is 28.0. The van der Waals surface area contributed by atoms with Gasteiger partial charge in [-0.05, 0) is 44.5 Å². The van der Waals surface area contributed by atoms with E-state index in [9.17, 15) is 19.2 Å². The van der Waals surface area contributed by atoms with Crippen molar-refractivity contribution in [2.45, 2.75) is 32.6 Å². The summed E-state index contributed by atoms with van der Waals surface area (Å²) in [6, 6.07) is 10.1. The van der Waals surface area contributed by atoms with Crippen molar-refractivity contribution in [3.63, 3.8) is 0 Å². The summed E-state index contributed by atoms with van der Waals surface area (Å²) in [5.41, 5.74) is 2.01. The molecule has 3 atom stereocenters. The zero-order valence-corrected chi connectivity index (χ0v) is 24.2. The number of carbonyl (C=O) groups excluding carboxylic acids is 3. The van der Waals surface area contributed by atoms with Gasteiger partial charge in [-0.1, -0.05) is 11.6 Å². The maximum absolute atomic E-state index is 13.7. The number of carbonyl (C=O) groups is 3. The first-order chi connectivity index (χ1) is 20.2. The molecule has 0 N–H and O–H groups in total. The van der Waals surface area contributed by atoms with Crippen molar-refractivity contribution in [3.05, 3.63) is 63.8 Å². The fourth-order valence-corrected chi connectivity index (χ4v) is 6.05. The highest BCUT2D eigenvalue weighted by Crippen LogP contribution is 2.51. The van der Waals surface area contributed by atoms with Crippen molar-refractivity contribution < 1.29 is 37.7 Å². The van der Waals surface area contributed by atoms with E-state index < -0.39 is 23.7 Å². The van der Waals surface area contributed by atoms with Crippen molar-refractivity contribution >= 4 is 28.8 Å². The molecule has 3 aromatic rings. The monoisotopic (exact) mass is 575 g/mol. The van der Waals surface area contributed by atoms with Gasteiger partial charge < -0.3 is 23.4 Å². The lowest BCUT2D eigenvalue weighted by molar-refractivity contribution is -0.145. The van der Waals surface area contributed by atoms with Gasteiger partial charge in [0.2, 0.25) is 11.8 Å². The largest absolute Gasteiger partial charge is 0.497 e. The number of nitrogens with zero attached hydrogens (tertiary/aromatic N) is 1. The average molecular weight is 576 g/mol. The Morgan fingerprint density at radius 3 is 2.38 bits per heavy atom. The molecule has 0 spiro atoms. The zero-order chi connectivity index (χ0) is 30.1. The summed E-state index contributed by atoms with van der Waals surface area (Å²) in [7, 11) is 4.50. The Morgan fingerprint density at radius 1 is 1.00 bits per heavy atom. The van der Waals surface area contributed by atoms with E-state index in [1.165, 1.54) is 20.3 Å². The molecule has 42 heavy (non-hydrogen) atoms. The number of methoxy groups -OCH3 is 3. The maximum Gasteiger partial charge on any atom is 0.307 e. The van der Waals surface area contributed by atoms with Gasteiger partial charge in [0.1, 0.15) is 34.0 Å². The third-order valence-corrected chi connectivity index (χ3v) is 7.91. The molecule has 5 rings (SSSR count). The summed E-state index contributed by atoms with van der Waals surface area (Å²) in [5.74, 6) is -1.57. The van der Waals surface area contributed by atoms with Crippen LogP contribution in [0.15, 0.2) is 57.3 Å². The predicted octanol–water partition coefficient (Wildman–Crippen LogP) is 4.47. The number of likely N-dealkylation sites (tertiary alicyclic amines) is 1. The van der Waals surface area contributed by atoms with Gasteiger partial charge in [0.25, 0.3) is 0 Å². The first kappa shape index (κ1) is 28.9. The second-order valence-electron chi connectivity index (χ2n) is 10.4. The highest BCUT2D eigenvalue weighted by atomic mass is 16.5. The molecular formula is C32H33NO9. The molecule has 2 aromatic carbocycles. The molecule has 2 aliphatic rings. The van der Waals surface area contributed by atoms with Crippen LogP contribution in [0.5, 0.6) is 17.2 Å². The molecule has 2 amide bonds. The van der Waals surface area contributed by atoms with Gasteiger partial charge in [0.05, 0.1) is 46.2 Å². The van der Waals surface area contributed by atoms with Crippen LogP contribution in [-0.2, 0) is 19.1 Å². The topological polar surface area (TPSA) is 122 Å². The number of benzene rings is 2. The fraction of sp³-hybridized carbons (Fsp3) is 0.375. The third kappa shape index (κ3) is 5.01. The van der Waals surface area contributed by atoms with Crippen molar-refractivity contribution in [1.82, 2.24) is 4.90 Å². The van der Waals surface area contributed by atoms with Gasteiger partial charge in [0.15, 0.2) is 5.43 Å². The smallest absolute Gasteiger partial charge is 0.307 e. The number of fused-ring (bicyclic) bond motifs is 2. The van der Waals surface area contributed by atoms with Crippen LogP contribution in [0.25, 0.3) is 22.3 Å². The number of amides is 2. The van der Waals surface area contributed by atoms with Gasteiger partial charge in [-0.3, -0.25) is 24.1 Å². The van der Waals surface area contributed by atoms with Crippen LogP contribution in [0, 0.1) is 11.8 Å². The van der Waals surface area contributed by atoms with E-state index in [-0.39, 0.29) is 53.5 Å². The fourth-order valence-electron chi connectivity index (χ4n) is 6.05. The Morgan fingerprint density at radius 2 is 1.74 bits per heavy atom. The summed E-state index contributed by atoms with van der Waals surface area (Å²) in [5, 5.41) is 0.203. The summed E-state index contributed by atoms with van der Waals surface area (Å²) in [6.45, 7) is 3.76. The van der Waals surface area contributed by atoms with Crippen LogP contribution in [0.4, 0.5) is 0 Å². The molecule has 0 bridgehead atoms. The van der Waals surface area contributed by atoms with Crippen LogP contribution in [0.3, 0.4) is 0 Å². The molecule has 0 radical (unpaired) electrons. The number of allylic oxidation sites excluding steroid dienone is 2. The van der Waals surface area contributed by atoms with Crippen LogP contribution >= 0.6 is 0 Å². The van der Waals surface area contributed by atoms with Crippen LogP contribution in [0.1, 0.15) is 38.2 Å². The molecule has 1 saturated heterocycles. The number of hydrogen-bond acceptors (Lipinski definition) is 9. The minimum absolute atomic E-state index is 0.0566. The van der Waals surface area contributed by atoms with Crippen molar-refractivity contribution in [1.29, 1.82) is 0 Å². The third-order valence-electron chi connectivity index (χ3n) is 7.91. The molecule has 10 heteroatoms. The average Bonchev–Trinajstić information content (AvgIpc) is 3.22. The van der Waals surface area contributed by atoms with Crippen LogP contribution in [0.2, 0.25) is 0 Å². The number of imide groups is 1. The normalized spacial score (nSPS) is 19.9. The molecule has 1 aliphatic carbocycles. The summed E-state index contributed by atoms with van der Waals surface area (Å²) in [4.78, 5) is 53.9. The second kappa shape index (κ2) is 11.7. The number of ether oxygens (including phenoxy) is 4. The van der Waals surface area contributed by atoms with Crippen LogP contribution < -0.4 is 19.6 Å². The molecular weight excluding hydrogens is 542 g/mol. The van der Waals surface area contributed by atoms with E-state index in [2.05, 4.69) is 0 Å². The van der Waals surface area contributed by atoms with Gasteiger partial charge >= 0.3 is 5.97 Å². The summed E-state index contributed by atoms with van der Waals surface area (Å²) in [6.07, 6.45) is 2.26. The molecule has 220 valence electrons. The molecule has 1 fully saturated rings. The van der Waals surface area contributed by atoms with Gasteiger partial charge in [-0.25, -0.2) is 0 Å². The molecule has 2 heterocycles. The van der Waals surface area contributed by atoms with Crippen molar-refractivity contribution in [2.24, 2.45) is 11.8 Å². The van der Waals surface area contributed by atoms with E-state index in [1.807, 2.05) is 13.0 Å². The van der Waals surface area contributed by atoms with Gasteiger partial charge in [-0.2, -0.15) is 0 Å². The number of esters is 1. The molecule has 0 unspecified atom stereocenters. The first-order valence-corrected chi connectivity index (χ1v) is 13.8. The Bertz CT molecular complexity index is 1640. The Labute approximate surface area is 242 Å². The Balaban J connectivity index is 1.61. The Kier molecular flexibility index (Phi) is 8.06. The van der Waals surface area contributed by atoms with Crippen molar-refractivity contribution in [2.75, 3.05) is 34.5 Å². The van der Waals surface area contributed by atoms with Crippen molar-refractivity contribution in [3.8, 4) is 28.6 Å². The van der Waals surface area contributed by atoms with Gasteiger partial charge in [-0.15, -0.1) is 0 Å². The lowest BCUT2D eigenvalue weighted by atomic mass is 9.71. The Hall–Kier alpha value is -4.60. The quantitative estimate of drug-likeness (QED) is 0.207. The molecule has 1 aliphatic heterocycles. The minimum atomic E-state index is -0.755. The molecule has 1 aromatic heterocycles. The van der Waals surface area contributed by atoms with Gasteiger partial charge in [0, 0.05) is 35.7 Å². The van der Waals surface area contributed by atoms with Crippen LogP contribution in [-0.4, -0.2) is 57.2 Å².